The highest BCUT2D eigenvalue weighted by Gasteiger charge is 2.46. The summed E-state index contributed by atoms with van der Waals surface area (Å²) in [5.41, 5.74) is -0.722. The summed E-state index contributed by atoms with van der Waals surface area (Å²) in [5.74, 6) is 0.184. The molecule has 20 heavy (non-hydrogen) atoms. The Morgan fingerprint density at radius 3 is 2.60 bits per heavy atom. The highest BCUT2D eigenvalue weighted by molar-refractivity contribution is 5.79. The third kappa shape index (κ3) is 3.34. The lowest BCUT2D eigenvalue weighted by atomic mass is 9.79. The Morgan fingerprint density at radius 1 is 1.20 bits per heavy atom. The zero-order valence-electron chi connectivity index (χ0n) is 12.3. The number of carboxylic acids is 1. The normalized spacial score (nSPS) is 34.7. The molecule has 4 heteroatoms. The highest BCUT2D eigenvalue weighted by atomic mass is 16.5. The molecule has 0 aromatic heterocycles. The largest absolute Gasteiger partial charge is 0.480 e. The molecule has 3 rings (SSSR count). The number of ether oxygens (including phenoxy) is 1. The van der Waals surface area contributed by atoms with Gasteiger partial charge < -0.3 is 9.84 Å². The molecule has 114 valence electrons. The highest BCUT2D eigenvalue weighted by Crippen LogP contribution is 2.35. The van der Waals surface area contributed by atoms with E-state index in [-0.39, 0.29) is 6.10 Å². The molecule has 0 spiro atoms. The second-order valence-corrected chi connectivity index (χ2v) is 6.98. The predicted octanol–water partition coefficient (Wildman–Crippen LogP) is 2.71. The summed E-state index contributed by atoms with van der Waals surface area (Å²) in [6.07, 6.45) is 11.0. The Morgan fingerprint density at radius 2 is 2.00 bits per heavy atom. The maximum atomic E-state index is 11.7. The lowest BCUT2D eigenvalue weighted by molar-refractivity contribution is -0.149. The minimum absolute atomic E-state index is 0.131. The van der Waals surface area contributed by atoms with Gasteiger partial charge in [-0.15, -0.1) is 0 Å². The van der Waals surface area contributed by atoms with Crippen molar-refractivity contribution in [3.63, 3.8) is 0 Å². The van der Waals surface area contributed by atoms with Crippen molar-refractivity contribution in [3.8, 4) is 0 Å². The van der Waals surface area contributed by atoms with Gasteiger partial charge in [-0.3, -0.25) is 10.1 Å². The molecule has 0 aliphatic heterocycles. The lowest BCUT2D eigenvalue weighted by Crippen LogP contribution is -2.57. The van der Waals surface area contributed by atoms with Gasteiger partial charge in [0, 0.05) is 19.1 Å². The topological polar surface area (TPSA) is 58.6 Å². The molecule has 3 fully saturated rings. The number of aliphatic carboxylic acids is 1. The first-order chi connectivity index (χ1) is 9.68. The fraction of sp³-hybridized carbons (Fsp3) is 0.938. The number of carbonyl (C=O) groups is 1. The maximum Gasteiger partial charge on any atom is 0.324 e. The molecule has 0 aromatic rings. The van der Waals surface area contributed by atoms with Crippen molar-refractivity contribution in [2.75, 3.05) is 6.61 Å². The van der Waals surface area contributed by atoms with Crippen molar-refractivity contribution in [1.82, 2.24) is 5.32 Å². The fourth-order valence-electron chi connectivity index (χ4n) is 3.55. The van der Waals surface area contributed by atoms with Crippen LogP contribution < -0.4 is 5.32 Å². The van der Waals surface area contributed by atoms with Crippen molar-refractivity contribution in [2.24, 2.45) is 5.92 Å². The van der Waals surface area contributed by atoms with E-state index in [9.17, 15) is 9.90 Å². The van der Waals surface area contributed by atoms with Crippen LogP contribution in [0.25, 0.3) is 0 Å². The molecule has 0 heterocycles. The molecule has 0 radical (unpaired) electrons. The summed E-state index contributed by atoms with van der Waals surface area (Å²) in [7, 11) is 0. The van der Waals surface area contributed by atoms with E-state index in [0.717, 1.165) is 51.0 Å². The number of hydrogen-bond donors (Lipinski definition) is 2. The summed E-state index contributed by atoms with van der Waals surface area (Å²) in [4.78, 5) is 11.7. The quantitative estimate of drug-likeness (QED) is 0.753. The smallest absolute Gasteiger partial charge is 0.324 e. The number of carboxylic acid groups (broad SMARTS) is 1. The SMILES string of the molecule is O=C(O)C1(NC2CC2)CCCC(OCCC2CCC2)C1. The molecule has 3 saturated carbocycles. The summed E-state index contributed by atoms with van der Waals surface area (Å²) in [6, 6.07) is 0.430. The van der Waals surface area contributed by atoms with E-state index in [1.807, 2.05) is 0 Å². The molecular weight excluding hydrogens is 254 g/mol. The van der Waals surface area contributed by atoms with Crippen molar-refractivity contribution >= 4 is 5.97 Å². The van der Waals surface area contributed by atoms with Crippen molar-refractivity contribution in [3.05, 3.63) is 0 Å². The minimum Gasteiger partial charge on any atom is -0.480 e. The van der Waals surface area contributed by atoms with Crippen molar-refractivity contribution in [2.45, 2.75) is 81.9 Å². The number of nitrogens with one attached hydrogen (secondary N) is 1. The van der Waals surface area contributed by atoms with Crippen LogP contribution in [0.15, 0.2) is 0 Å². The average Bonchev–Trinajstić information content (AvgIpc) is 3.16. The monoisotopic (exact) mass is 281 g/mol. The van der Waals surface area contributed by atoms with Crippen LogP contribution in [0.2, 0.25) is 0 Å². The third-order valence-electron chi connectivity index (χ3n) is 5.28. The molecule has 0 aromatic carbocycles. The summed E-state index contributed by atoms with van der Waals surface area (Å²) < 4.78 is 5.99. The van der Waals surface area contributed by atoms with Crippen LogP contribution in [0.1, 0.15) is 64.2 Å². The van der Waals surface area contributed by atoms with Crippen molar-refractivity contribution in [1.29, 1.82) is 0 Å². The predicted molar refractivity (Wildman–Crippen MR) is 76.7 cm³/mol. The van der Waals surface area contributed by atoms with E-state index in [4.69, 9.17) is 4.74 Å². The molecule has 0 saturated heterocycles. The van der Waals surface area contributed by atoms with E-state index in [1.165, 1.54) is 19.3 Å². The summed E-state index contributed by atoms with van der Waals surface area (Å²) in [5, 5.41) is 13.0. The molecule has 2 N–H and O–H groups in total. The van der Waals surface area contributed by atoms with E-state index in [0.29, 0.717) is 12.5 Å². The standard InChI is InChI=1S/C16H27NO3/c18-15(19)16(17-13-6-7-13)9-2-5-14(11-16)20-10-8-12-3-1-4-12/h12-14,17H,1-11H2,(H,18,19). The van der Waals surface area contributed by atoms with Gasteiger partial charge in [-0.1, -0.05) is 19.3 Å². The van der Waals surface area contributed by atoms with Gasteiger partial charge in [0.25, 0.3) is 0 Å². The van der Waals surface area contributed by atoms with Crippen LogP contribution in [-0.4, -0.2) is 35.4 Å². The Kier molecular flexibility index (Phi) is 4.32. The molecular formula is C16H27NO3. The van der Waals surface area contributed by atoms with Gasteiger partial charge in [-0.25, -0.2) is 0 Å². The first-order valence-corrected chi connectivity index (χ1v) is 8.31. The Labute approximate surface area is 121 Å². The second kappa shape index (κ2) is 6.02. The average molecular weight is 281 g/mol. The number of hydrogen-bond acceptors (Lipinski definition) is 3. The fourth-order valence-corrected chi connectivity index (χ4v) is 3.55. The molecule has 3 aliphatic carbocycles. The van der Waals surface area contributed by atoms with E-state index in [2.05, 4.69) is 5.32 Å². The summed E-state index contributed by atoms with van der Waals surface area (Å²) >= 11 is 0. The maximum absolute atomic E-state index is 11.7. The minimum atomic E-state index is -0.722. The van der Waals surface area contributed by atoms with Crippen molar-refractivity contribution < 1.29 is 14.6 Å². The van der Waals surface area contributed by atoms with Gasteiger partial charge in [0.05, 0.1) is 6.10 Å². The second-order valence-electron chi connectivity index (χ2n) is 6.98. The molecule has 2 atom stereocenters. The lowest BCUT2D eigenvalue weighted by Gasteiger charge is -2.38. The molecule has 4 nitrogen and oxygen atoms in total. The Balaban J connectivity index is 1.49. The van der Waals surface area contributed by atoms with Gasteiger partial charge in [0.2, 0.25) is 0 Å². The van der Waals surface area contributed by atoms with E-state index in [1.54, 1.807) is 0 Å². The van der Waals surface area contributed by atoms with Gasteiger partial charge in [0.1, 0.15) is 5.54 Å². The molecule has 0 bridgehead atoms. The zero-order valence-corrected chi connectivity index (χ0v) is 12.3. The molecule has 2 unspecified atom stereocenters. The van der Waals surface area contributed by atoms with Crippen LogP contribution in [0.3, 0.4) is 0 Å². The van der Waals surface area contributed by atoms with E-state index >= 15 is 0 Å². The zero-order chi connectivity index (χ0) is 14.0. The van der Waals surface area contributed by atoms with Crippen LogP contribution in [0.5, 0.6) is 0 Å². The van der Waals surface area contributed by atoms with Crippen LogP contribution in [0.4, 0.5) is 0 Å². The summed E-state index contributed by atoms with van der Waals surface area (Å²) in [6.45, 7) is 0.814. The number of rotatable bonds is 7. The van der Waals surface area contributed by atoms with Crippen LogP contribution in [0, 0.1) is 5.92 Å². The Hall–Kier alpha value is -0.610. The first-order valence-electron chi connectivity index (χ1n) is 8.31. The molecule has 0 amide bonds. The van der Waals surface area contributed by atoms with Crippen LogP contribution >= 0.6 is 0 Å². The third-order valence-corrected chi connectivity index (χ3v) is 5.28. The van der Waals surface area contributed by atoms with Gasteiger partial charge in [-0.2, -0.15) is 0 Å². The Bertz CT molecular complexity index is 352. The van der Waals surface area contributed by atoms with Gasteiger partial charge in [-0.05, 0) is 44.4 Å². The van der Waals surface area contributed by atoms with Crippen LogP contribution in [-0.2, 0) is 9.53 Å². The molecule has 3 aliphatic rings. The first kappa shape index (κ1) is 14.3. The van der Waals surface area contributed by atoms with Gasteiger partial charge in [0.15, 0.2) is 0 Å². The van der Waals surface area contributed by atoms with Gasteiger partial charge >= 0.3 is 5.97 Å². The van der Waals surface area contributed by atoms with E-state index < -0.39 is 11.5 Å².